The Bertz CT molecular complexity index is 643. The molecule has 0 saturated carbocycles. The molecule has 0 aliphatic heterocycles. The molecule has 0 atom stereocenters. The van der Waals surface area contributed by atoms with Crippen LogP contribution in [0.2, 0.25) is 5.02 Å². The van der Waals surface area contributed by atoms with E-state index in [0.717, 1.165) is 4.47 Å². The van der Waals surface area contributed by atoms with Crippen LogP contribution in [0, 0.1) is 5.82 Å². The monoisotopic (exact) mass is 342 g/mol. The largest absolute Gasteiger partial charge is 0.457 e. The van der Waals surface area contributed by atoms with Crippen LogP contribution < -0.4 is 4.74 Å². The van der Waals surface area contributed by atoms with Gasteiger partial charge in [0.2, 0.25) is 0 Å². The zero-order valence-electron chi connectivity index (χ0n) is 9.91. The lowest BCUT2D eigenvalue weighted by Gasteiger charge is -2.10. The zero-order chi connectivity index (χ0) is 14.0. The van der Waals surface area contributed by atoms with Crippen molar-refractivity contribution in [1.29, 1.82) is 0 Å². The summed E-state index contributed by atoms with van der Waals surface area (Å²) in [4.78, 5) is 11.5. The van der Waals surface area contributed by atoms with Crippen LogP contribution in [-0.2, 0) is 0 Å². The fraction of sp³-hybridized carbons (Fsp3) is 0.0714. The molecule has 0 aliphatic rings. The van der Waals surface area contributed by atoms with Crippen LogP contribution in [0.5, 0.6) is 11.5 Å². The summed E-state index contributed by atoms with van der Waals surface area (Å²) in [6, 6.07) is 9.12. The third-order valence-corrected chi connectivity index (χ3v) is 3.22. The summed E-state index contributed by atoms with van der Waals surface area (Å²) in [7, 11) is 0. The maximum atomic E-state index is 13.1. The van der Waals surface area contributed by atoms with E-state index in [1.165, 1.54) is 25.1 Å². The molecule has 0 saturated heterocycles. The summed E-state index contributed by atoms with van der Waals surface area (Å²) in [6.07, 6.45) is 0. The van der Waals surface area contributed by atoms with E-state index in [0.29, 0.717) is 17.1 Å². The molecule has 5 heteroatoms. The second-order valence-corrected chi connectivity index (χ2v) is 5.20. The Balaban J connectivity index is 2.37. The van der Waals surface area contributed by atoms with E-state index in [1.807, 2.05) is 0 Å². The van der Waals surface area contributed by atoms with Crippen LogP contribution in [0.15, 0.2) is 40.9 Å². The number of hydrogen-bond donors (Lipinski definition) is 0. The first-order valence-corrected chi connectivity index (χ1v) is 6.58. The van der Waals surface area contributed by atoms with Crippen molar-refractivity contribution in [3.05, 3.63) is 57.3 Å². The lowest BCUT2D eigenvalue weighted by molar-refractivity contribution is 0.101. The van der Waals surface area contributed by atoms with Gasteiger partial charge < -0.3 is 4.74 Å². The summed E-state index contributed by atoms with van der Waals surface area (Å²) >= 11 is 8.97. The molecule has 2 aromatic rings. The molecule has 0 aromatic heterocycles. The van der Waals surface area contributed by atoms with Gasteiger partial charge in [-0.1, -0.05) is 27.5 Å². The average Bonchev–Trinajstić information content (AvgIpc) is 2.36. The maximum absolute atomic E-state index is 13.1. The molecule has 0 spiro atoms. The molecule has 0 N–H and O–H groups in total. The third kappa shape index (κ3) is 3.33. The van der Waals surface area contributed by atoms with Crippen molar-refractivity contribution in [3.8, 4) is 11.5 Å². The Morgan fingerprint density at radius 1 is 1.26 bits per heavy atom. The number of carbonyl (C=O) groups excluding carboxylic acids is 1. The van der Waals surface area contributed by atoms with Crippen LogP contribution in [-0.4, -0.2) is 5.78 Å². The van der Waals surface area contributed by atoms with Crippen molar-refractivity contribution >= 4 is 33.3 Å². The third-order valence-electron chi connectivity index (χ3n) is 2.44. The fourth-order valence-corrected chi connectivity index (χ4v) is 2.07. The van der Waals surface area contributed by atoms with Gasteiger partial charge in [0, 0.05) is 10.5 Å². The van der Waals surface area contributed by atoms with Gasteiger partial charge in [-0.2, -0.15) is 0 Å². The summed E-state index contributed by atoms with van der Waals surface area (Å²) in [6.45, 7) is 1.45. The van der Waals surface area contributed by atoms with Crippen molar-refractivity contribution in [2.24, 2.45) is 0 Å². The van der Waals surface area contributed by atoms with Crippen LogP contribution >= 0.6 is 27.5 Å². The molecular formula is C14H9BrClFO2. The normalized spacial score (nSPS) is 10.3. The topological polar surface area (TPSA) is 26.3 Å². The Hall–Kier alpha value is -1.39. The molecular weight excluding hydrogens is 335 g/mol. The number of ketones is 1. The summed E-state index contributed by atoms with van der Waals surface area (Å²) < 4.78 is 19.4. The lowest BCUT2D eigenvalue weighted by Crippen LogP contribution is -1.97. The molecule has 2 aromatic carbocycles. The van der Waals surface area contributed by atoms with Gasteiger partial charge in [-0.15, -0.1) is 0 Å². The van der Waals surface area contributed by atoms with Gasteiger partial charge in [-0.3, -0.25) is 4.79 Å². The van der Waals surface area contributed by atoms with Gasteiger partial charge in [0.05, 0.1) is 10.6 Å². The highest BCUT2D eigenvalue weighted by molar-refractivity contribution is 9.10. The Morgan fingerprint density at radius 3 is 2.63 bits per heavy atom. The molecule has 0 aliphatic carbocycles. The number of benzene rings is 2. The van der Waals surface area contributed by atoms with Gasteiger partial charge in [0.15, 0.2) is 5.78 Å². The molecule has 0 bridgehead atoms. The summed E-state index contributed by atoms with van der Waals surface area (Å²) in [5.41, 5.74) is 0.440. The number of carbonyl (C=O) groups is 1. The fourth-order valence-electron chi connectivity index (χ4n) is 1.53. The number of Topliss-reactive ketones (excluding diaryl/α,β-unsaturated/α-hetero) is 1. The number of halogens is 3. The predicted molar refractivity (Wildman–Crippen MR) is 75.6 cm³/mol. The number of rotatable bonds is 3. The number of ether oxygens (including phenoxy) is 1. The van der Waals surface area contributed by atoms with E-state index < -0.39 is 5.82 Å². The second-order valence-electron chi connectivity index (χ2n) is 3.87. The summed E-state index contributed by atoms with van der Waals surface area (Å²) in [5, 5.41) is -0.0287. The zero-order valence-corrected chi connectivity index (χ0v) is 12.3. The van der Waals surface area contributed by atoms with Crippen LogP contribution in [0.3, 0.4) is 0 Å². The first-order valence-electron chi connectivity index (χ1n) is 5.41. The van der Waals surface area contributed by atoms with E-state index in [2.05, 4.69) is 15.9 Å². The first kappa shape index (κ1) is 14.0. The molecule has 19 heavy (non-hydrogen) atoms. The smallest absolute Gasteiger partial charge is 0.163 e. The van der Waals surface area contributed by atoms with Gasteiger partial charge in [0.25, 0.3) is 0 Å². The molecule has 0 fully saturated rings. The van der Waals surface area contributed by atoms with Gasteiger partial charge in [-0.05, 0) is 37.3 Å². The number of hydrogen-bond acceptors (Lipinski definition) is 2. The minimum absolute atomic E-state index is 0.0287. The maximum Gasteiger partial charge on any atom is 0.163 e. The standard InChI is InChI=1S/C14H9BrClFO2/c1-8(18)11-6-9(15)2-5-14(11)19-10-3-4-13(17)12(16)7-10/h2-7H,1H3. The molecule has 0 unspecified atom stereocenters. The van der Waals surface area contributed by atoms with E-state index >= 15 is 0 Å². The highest BCUT2D eigenvalue weighted by Gasteiger charge is 2.11. The average molecular weight is 344 g/mol. The van der Waals surface area contributed by atoms with E-state index in [9.17, 15) is 9.18 Å². The van der Waals surface area contributed by atoms with Gasteiger partial charge in [-0.25, -0.2) is 4.39 Å². The SMILES string of the molecule is CC(=O)c1cc(Br)ccc1Oc1ccc(F)c(Cl)c1. The van der Waals surface area contributed by atoms with Crippen LogP contribution in [0.1, 0.15) is 17.3 Å². The van der Waals surface area contributed by atoms with Crippen LogP contribution in [0.4, 0.5) is 4.39 Å². The Morgan fingerprint density at radius 2 is 2.00 bits per heavy atom. The predicted octanol–water partition coefficient (Wildman–Crippen LogP) is 5.24. The van der Waals surface area contributed by atoms with Gasteiger partial charge in [0.1, 0.15) is 17.3 Å². The quantitative estimate of drug-likeness (QED) is 0.713. The molecule has 2 nitrogen and oxygen atoms in total. The molecule has 2 rings (SSSR count). The Kier molecular flexibility index (Phi) is 4.22. The van der Waals surface area contributed by atoms with Crippen LogP contribution in [0.25, 0.3) is 0 Å². The second kappa shape index (κ2) is 5.72. The lowest BCUT2D eigenvalue weighted by atomic mass is 10.1. The van der Waals surface area contributed by atoms with Gasteiger partial charge >= 0.3 is 0 Å². The Labute approximate surface area is 123 Å². The molecule has 0 amide bonds. The molecule has 98 valence electrons. The minimum Gasteiger partial charge on any atom is -0.457 e. The summed E-state index contributed by atoms with van der Waals surface area (Å²) in [5.74, 6) is 0.135. The van der Waals surface area contributed by atoms with Crippen molar-refractivity contribution in [2.45, 2.75) is 6.92 Å². The van der Waals surface area contributed by atoms with E-state index in [-0.39, 0.29) is 10.8 Å². The minimum atomic E-state index is -0.517. The molecule has 0 radical (unpaired) electrons. The first-order chi connectivity index (χ1) is 8.97. The van der Waals surface area contributed by atoms with Crippen molar-refractivity contribution in [3.63, 3.8) is 0 Å². The molecule has 0 heterocycles. The van der Waals surface area contributed by atoms with Crippen molar-refractivity contribution in [2.75, 3.05) is 0 Å². The van der Waals surface area contributed by atoms with Crippen molar-refractivity contribution < 1.29 is 13.9 Å². The van der Waals surface area contributed by atoms with Crippen molar-refractivity contribution in [1.82, 2.24) is 0 Å². The van der Waals surface area contributed by atoms with E-state index in [1.54, 1.807) is 18.2 Å². The highest BCUT2D eigenvalue weighted by Crippen LogP contribution is 2.30. The van der Waals surface area contributed by atoms with E-state index in [4.69, 9.17) is 16.3 Å². The highest BCUT2D eigenvalue weighted by atomic mass is 79.9.